The summed E-state index contributed by atoms with van der Waals surface area (Å²) < 4.78 is 0. The Morgan fingerprint density at radius 1 is 0.824 bits per heavy atom. The molecule has 0 amide bonds. The molecule has 0 aliphatic rings. The van der Waals surface area contributed by atoms with Gasteiger partial charge in [0.05, 0.1) is 0 Å². The van der Waals surface area contributed by atoms with Crippen LogP contribution in [-0.4, -0.2) is 4.98 Å². The zero-order valence-corrected chi connectivity index (χ0v) is 11.8. The summed E-state index contributed by atoms with van der Waals surface area (Å²) in [6.07, 6.45) is 2.02. The summed E-state index contributed by atoms with van der Waals surface area (Å²) in [5, 5.41) is 1.31. The number of aromatic nitrogens is 1. The number of rotatable bonds is 0. The molecule has 0 saturated carbocycles. The van der Waals surface area contributed by atoms with Crippen LogP contribution in [0.15, 0.2) is 24.4 Å². The molecule has 0 aliphatic carbocycles. The van der Waals surface area contributed by atoms with E-state index in [1.807, 2.05) is 6.20 Å². The van der Waals surface area contributed by atoms with E-state index in [1.54, 1.807) is 0 Å². The van der Waals surface area contributed by atoms with Gasteiger partial charge in [0.1, 0.15) is 0 Å². The topological polar surface area (TPSA) is 15.8 Å². The van der Waals surface area contributed by atoms with E-state index < -0.39 is 0 Å². The van der Waals surface area contributed by atoms with Crippen LogP contribution in [0.3, 0.4) is 0 Å². The second-order valence-electron chi connectivity index (χ2n) is 6.96. The molecule has 17 heavy (non-hydrogen) atoms. The monoisotopic (exact) mass is 229 g/mol. The van der Waals surface area contributed by atoms with Crippen LogP contribution in [-0.2, 0) is 10.8 Å². The zero-order chi connectivity index (χ0) is 12.8. The highest BCUT2D eigenvalue weighted by Gasteiger charge is 2.25. The van der Waals surface area contributed by atoms with Crippen molar-refractivity contribution in [2.45, 2.75) is 52.4 Å². The molecule has 92 valence electrons. The molecule has 0 bridgehead atoms. The minimum Gasteiger partial charge on any atom is -0.361 e. The molecule has 1 heterocycles. The van der Waals surface area contributed by atoms with Crippen LogP contribution in [0.5, 0.6) is 0 Å². The summed E-state index contributed by atoms with van der Waals surface area (Å²) in [4.78, 5) is 3.31. The first-order chi connectivity index (χ1) is 7.69. The van der Waals surface area contributed by atoms with Crippen molar-refractivity contribution < 1.29 is 0 Å². The van der Waals surface area contributed by atoms with Crippen molar-refractivity contribution in [3.8, 4) is 0 Å². The van der Waals surface area contributed by atoms with Gasteiger partial charge in [-0.25, -0.2) is 0 Å². The minimum atomic E-state index is 0.182. The third kappa shape index (κ3) is 2.24. The van der Waals surface area contributed by atoms with Gasteiger partial charge in [0, 0.05) is 11.7 Å². The number of H-pyrrole nitrogens is 1. The molecule has 0 spiro atoms. The van der Waals surface area contributed by atoms with E-state index in [-0.39, 0.29) is 10.8 Å². The lowest BCUT2D eigenvalue weighted by Gasteiger charge is -2.30. The number of benzene rings is 1. The lowest BCUT2D eigenvalue weighted by Crippen LogP contribution is -2.21. The molecule has 0 fully saturated rings. The summed E-state index contributed by atoms with van der Waals surface area (Å²) in [7, 11) is 0. The van der Waals surface area contributed by atoms with Crippen LogP contribution in [0.4, 0.5) is 0 Å². The number of aromatic amines is 1. The highest BCUT2D eigenvalue weighted by Crippen LogP contribution is 2.36. The predicted molar refractivity (Wildman–Crippen MR) is 75.7 cm³/mol. The molecule has 0 aliphatic heterocycles. The third-order valence-electron chi connectivity index (χ3n) is 3.31. The molecule has 1 aromatic carbocycles. The Morgan fingerprint density at radius 2 is 1.35 bits per heavy atom. The highest BCUT2D eigenvalue weighted by atomic mass is 14.7. The van der Waals surface area contributed by atoms with E-state index in [0.29, 0.717) is 0 Å². The van der Waals surface area contributed by atoms with E-state index in [4.69, 9.17) is 0 Å². The molecule has 0 unspecified atom stereocenters. The first-order valence-corrected chi connectivity index (χ1v) is 6.32. The Kier molecular flexibility index (Phi) is 2.61. The van der Waals surface area contributed by atoms with Crippen LogP contribution in [0.1, 0.15) is 52.7 Å². The van der Waals surface area contributed by atoms with Gasteiger partial charge in [-0.3, -0.25) is 0 Å². The van der Waals surface area contributed by atoms with Gasteiger partial charge in [-0.15, -0.1) is 0 Å². The smallest absolute Gasteiger partial charge is 0.0457 e. The SMILES string of the molecule is CC(C)(C)c1cc2cc[nH]c2cc1C(C)(C)C. The molecule has 0 radical (unpaired) electrons. The number of hydrogen-bond acceptors (Lipinski definition) is 0. The molecule has 1 heteroatoms. The standard InChI is InChI=1S/C16H23N/c1-15(2,3)12-9-11-7-8-17-14(11)10-13(12)16(4,5)6/h7-10,17H,1-6H3. The molecule has 1 nitrogen and oxygen atoms in total. The summed E-state index contributed by atoms with van der Waals surface area (Å²) in [5.74, 6) is 0. The van der Waals surface area contributed by atoms with Crippen molar-refractivity contribution in [3.05, 3.63) is 35.5 Å². The maximum absolute atomic E-state index is 3.31. The van der Waals surface area contributed by atoms with Gasteiger partial charge in [0.15, 0.2) is 0 Å². The zero-order valence-electron chi connectivity index (χ0n) is 11.8. The van der Waals surface area contributed by atoms with Gasteiger partial charge in [-0.05, 0) is 45.5 Å². The van der Waals surface area contributed by atoms with Crippen molar-refractivity contribution in [1.82, 2.24) is 4.98 Å². The molecular formula is C16H23N. The fourth-order valence-corrected chi connectivity index (χ4v) is 2.34. The van der Waals surface area contributed by atoms with Crippen molar-refractivity contribution >= 4 is 10.9 Å². The third-order valence-corrected chi connectivity index (χ3v) is 3.31. The molecule has 2 rings (SSSR count). The summed E-state index contributed by atoms with van der Waals surface area (Å²) in [5.41, 5.74) is 4.51. The van der Waals surface area contributed by atoms with Crippen molar-refractivity contribution in [2.24, 2.45) is 0 Å². The van der Waals surface area contributed by atoms with E-state index in [2.05, 4.69) is 64.7 Å². The molecular weight excluding hydrogens is 206 g/mol. The summed E-state index contributed by atoms with van der Waals surface area (Å²) in [6, 6.07) is 6.80. The quantitative estimate of drug-likeness (QED) is 0.670. The Hall–Kier alpha value is -1.24. The van der Waals surface area contributed by atoms with E-state index in [9.17, 15) is 0 Å². The van der Waals surface area contributed by atoms with Crippen LogP contribution >= 0.6 is 0 Å². The van der Waals surface area contributed by atoms with Crippen LogP contribution < -0.4 is 0 Å². The average Bonchev–Trinajstić information content (AvgIpc) is 2.59. The van der Waals surface area contributed by atoms with Gasteiger partial charge >= 0.3 is 0 Å². The fraction of sp³-hybridized carbons (Fsp3) is 0.500. The fourth-order valence-electron chi connectivity index (χ4n) is 2.34. The molecule has 1 N–H and O–H groups in total. The Morgan fingerprint density at radius 3 is 1.88 bits per heavy atom. The maximum Gasteiger partial charge on any atom is 0.0457 e. The number of nitrogens with one attached hydrogen (secondary N) is 1. The van der Waals surface area contributed by atoms with Gasteiger partial charge in [-0.1, -0.05) is 41.5 Å². The molecule has 0 saturated heterocycles. The molecule has 0 atom stereocenters. The largest absolute Gasteiger partial charge is 0.361 e. The Balaban J connectivity index is 2.78. The van der Waals surface area contributed by atoms with Crippen LogP contribution in [0.2, 0.25) is 0 Å². The second-order valence-corrected chi connectivity index (χ2v) is 6.96. The highest BCUT2D eigenvalue weighted by molar-refractivity contribution is 5.81. The minimum absolute atomic E-state index is 0.182. The Labute approximate surface area is 104 Å². The Bertz CT molecular complexity index is 485. The molecule has 1 aromatic heterocycles. The first kappa shape index (κ1) is 12.2. The number of hydrogen-bond donors (Lipinski definition) is 1. The van der Waals surface area contributed by atoms with Gasteiger partial charge in [0.25, 0.3) is 0 Å². The number of fused-ring (bicyclic) bond motifs is 1. The van der Waals surface area contributed by atoms with Crippen LogP contribution in [0.25, 0.3) is 10.9 Å². The second kappa shape index (κ2) is 3.63. The van der Waals surface area contributed by atoms with Crippen molar-refractivity contribution in [2.75, 3.05) is 0 Å². The lowest BCUT2D eigenvalue weighted by molar-refractivity contribution is 0.531. The maximum atomic E-state index is 3.31. The summed E-state index contributed by atoms with van der Waals surface area (Å²) >= 11 is 0. The van der Waals surface area contributed by atoms with E-state index >= 15 is 0 Å². The normalized spacial score (nSPS) is 13.3. The van der Waals surface area contributed by atoms with E-state index in [1.165, 1.54) is 22.0 Å². The van der Waals surface area contributed by atoms with Gasteiger partial charge in [0.2, 0.25) is 0 Å². The van der Waals surface area contributed by atoms with E-state index in [0.717, 1.165) is 0 Å². The van der Waals surface area contributed by atoms with Crippen molar-refractivity contribution in [3.63, 3.8) is 0 Å². The van der Waals surface area contributed by atoms with Crippen molar-refractivity contribution in [1.29, 1.82) is 0 Å². The van der Waals surface area contributed by atoms with Gasteiger partial charge < -0.3 is 4.98 Å². The molecule has 2 aromatic rings. The van der Waals surface area contributed by atoms with Crippen LogP contribution in [0, 0.1) is 0 Å². The average molecular weight is 229 g/mol. The summed E-state index contributed by atoms with van der Waals surface area (Å²) in [6.45, 7) is 13.7. The predicted octanol–water partition coefficient (Wildman–Crippen LogP) is 4.76. The first-order valence-electron chi connectivity index (χ1n) is 6.32. The van der Waals surface area contributed by atoms with Gasteiger partial charge in [-0.2, -0.15) is 0 Å². The lowest BCUT2D eigenvalue weighted by atomic mass is 9.75.